The number of carbonyl (C=O) groups is 2. The summed E-state index contributed by atoms with van der Waals surface area (Å²) in [5.41, 5.74) is 1.54. The Balaban J connectivity index is 1.66. The van der Waals surface area contributed by atoms with Gasteiger partial charge in [-0.2, -0.15) is 0 Å². The summed E-state index contributed by atoms with van der Waals surface area (Å²) < 4.78 is 27.3. The van der Waals surface area contributed by atoms with Crippen molar-refractivity contribution in [3.05, 3.63) is 48.5 Å². The van der Waals surface area contributed by atoms with Crippen LogP contribution in [0.1, 0.15) is 19.8 Å². The number of anilines is 3. The van der Waals surface area contributed by atoms with E-state index < -0.39 is 10.0 Å². The fourth-order valence-corrected chi connectivity index (χ4v) is 3.40. The third kappa shape index (κ3) is 4.60. The lowest BCUT2D eigenvalue weighted by molar-refractivity contribution is -0.117. The molecule has 7 nitrogen and oxygen atoms in total. The van der Waals surface area contributed by atoms with Gasteiger partial charge in [0.2, 0.25) is 11.8 Å². The quantitative estimate of drug-likeness (QED) is 0.724. The molecule has 2 aromatic rings. The van der Waals surface area contributed by atoms with Crippen molar-refractivity contribution < 1.29 is 18.0 Å². The Morgan fingerprint density at radius 1 is 0.846 bits per heavy atom. The average molecular weight is 373 g/mol. The van der Waals surface area contributed by atoms with Crippen molar-refractivity contribution in [3.63, 3.8) is 0 Å². The van der Waals surface area contributed by atoms with Crippen molar-refractivity contribution in [2.75, 3.05) is 15.4 Å². The second kappa shape index (κ2) is 7.17. The van der Waals surface area contributed by atoms with Crippen LogP contribution in [-0.2, 0) is 19.6 Å². The molecule has 1 fully saturated rings. The van der Waals surface area contributed by atoms with Crippen molar-refractivity contribution >= 4 is 38.9 Å². The number of carbonyl (C=O) groups excluding carboxylic acids is 2. The first-order chi connectivity index (χ1) is 12.3. The van der Waals surface area contributed by atoms with Crippen molar-refractivity contribution in [3.8, 4) is 0 Å². The first kappa shape index (κ1) is 17.9. The third-order valence-corrected chi connectivity index (χ3v) is 5.23. The summed E-state index contributed by atoms with van der Waals surface area (Å²) in [4.78, 5) is 22.8. The van der Waals surface area contributed by atoms with E-state index in [1.54, 1.807) is 24.3 Å². The van der Waals surface area contributed by atoms with Gasteiger partial charge in [-0.15, -0.1) is 0 Å². The van der Waals surface area contributed by atoms with Gasteiger partial charge in [0.15, 0.2) is 0 Å². The molecule has 1 aliphatic rings. The van der Waals surface area contributed by atoms with Crippen LogP contribution in [0.15, 0.2) is 53.4 Å². The van der Waals surface area contributed by atoms with Crippen molar-refractivity contribution in [2.45, 2.75) is 24.7 Å². The molecular weight excluding hydrogens is 354 g/mol. The number of sulfonamides is 1. The van der Waals surface area contributed by atoms with E-state index in [0.29, 0.717) is 17.1 Å². The summed E-state index contributed by atoms with van der Waals surface area (Å²) in [5.74, 6) is -0.126. The molecule has 8 heteroatoms. The zero-order valence-electron chi connectivity index (χ0n) is 14.2. The fourth-order valence-electron chi connectivity index (χ4n) is 2.35. The zero-order valence-corrected chi connectivity index (χ0v) is 15.0. The average Bonchev–Trinajstić information content (AvgIpc) is 3.41. The molecule has 0 aliphatic heterocycles. The van der Waals surface area contributed by atoms with Gasteiger partial charge in [0.05, 0.1) is 4.90 Å². The largest absolute Gasteiger partial charge is 0.326 e. The Morgan fingerprint density at radius 2 is 1.35 bits per heavy atom. The highest BCUT2D eigenvalue weighted by atomic mass is 32.2. The van der Waals surface area contributed by atoms with E-state index in [1.807, 2.05) is 0 Å². The maximum absolute atomic E-state index is 12.4. The van der Waals surface area contributed by atoms with Gasteiger partial charge in [0.1, 0.15) is 0 Å². The van der Waals surface area contributed by atoms with Crippen LogP contribution < -0.4 is 15.4 Å². The normalized spacial score (nSPS) is 13.7. The molecule has 1 aliphatic carbocycles. The molecule has 3 rings (SSSR count). The van der Waals surface area contributed by atoms with E-state index in [-0.39, 0.29) is 22.6 Å². The predicted molar refractivity (Wildman–Crippen MR) is 99.3 cm³/mol. The van der Waals surface area contributed by atoms with Gasteiger partial charge in [-0.05, 0) is 61.4 Å². The van der Waals surface area contributed by atoms with Gasteiger partial charge < -0.3 is 10.6 Å². The first-order valence-electron chi connectivity index (χ1n) is 8.15. The molecule has 0 spiro atoms. The van der Waals surface area contributed by atoms with E-state index in [1.165, 1.54) is 31.2 Å². The van der Waals surface area contributed by atoms with Crippen LogP contribution >= 0.6 is 0 Å². The third-order valence-electron chi connectivity index (χ3n) is 3.84. The van der Waals surface area contributed by atoms with E-state index in [0.717, 1.165) is 12.8 Å². The Labute approximate surface area is 151 Å². The number of hydrogen-bond donors (Lipinski definition) is 3. The molecule has 0 radical (unpaired) electrons. The minimum Gasteiger partial charge on any atom is -0.326 e. The number of nitrogens with one attached hydrogen (secondary N) is 3. The smallest absolute Gasteiger partial charge is 0.261 e. The zero-order chi connectivity index (χ0) is 18.7. The molecule has 136 valence electrons. The van der Waals surface area contributed by atoms with Crippen LogP contribution in [0.3, 0.4) is 0 Å². The van der Waals surface area contributed by atoms with E-state index in [4.69, 9.17) is 0 Å². The number of hydrogen-bond acceptors (Lipinski definition) is 4. The molecule has 3 N–H and O–H groups in total. The fraction of sp³-hybridized carbons (Fsp3) is 0.222. The van der Waals surface area contributed by atoms with Crippen LogP contribution in [0.5, 0.6) is 0 Å². The lowest BCUT2D eigenvalue weighted by Gasteiger charge is -2.10. The highest BCUT2D eigenvalue weighted by Gasteiger charge is 2.29. The Bertz CT molecular complexity index is 918. The highest BCUT2D eigenvalue weighted by molar-refractivity contribution is 7.92. The Morgan fingerprint density at radius 3 is 1.88 bits per heavy atom. The molecule has 1 saturated carbocycles. The van der Waals surface area contributed by atoms with Gasteiger partial charge in [-0.3, -0.25) is 14.3 Å². The topological polar surface area (TPSA) is 104 Å². The van der Waals surface area contributed by atoms with Crippen molar-refractivity contribution in [2.24, 2.45) is 5.92 Å². The Hall–Kier alpha value is -2.87. The predicted octanol–water partition coefficient (Wildman–Crippen LogP) is 2.79. The summed E-state index contributed by atoms with van der Waals surface area (Å²) in [5, 5.41) is 5.38. The SMILES string of the molecule is CC(=O)Nc1ccc(S(=O)(=O)Nc2ccc(NC(=O)C3CC3)cc2)cc1. The minimum absolute atomic E-state index is 0.00223. The van der Waals surface area contributed by atoms with Crippen LogP contribution in [-0.4, -0.2) is 20.2 Å². The molecule has 0 unspecified atom stereocenters. The minimum atomic E-state index is -3.75. The van der Waals surface area contributed by atoms with Gasteiger partial charge in [-0.25, -0.2) is 8.42 Å². The second-order valence-electron chi connectivity index (χ2n) is 6.15. The standard InChI is InChI=1S/C18H19N3O4S/c1-12(22)19-14-8-10-17(11-9-14)26(24,25)21-16-6-4-15(5-7-16)20-18(23)13-2-3-13/h4-11,13,21H,2-3H2,1H3,(H,19,22)(H,20,23). The summed E-state index contributed by atoms with van der Waals surface area (Å²) in [7, 11) is -3.75. The summed E-state index contributed by atoms with van der Waals surface area (Å²) in [6.07, 6.45) is 1.84. The Kier molecular flexibility index (Phi) is 4.94. The number of benzene rings is 2. The van der Waals surface area contributed by atoms with E-state index in [2.05, 4.69) is 15.4 Å². The molecule has 0 heterocycles. The monoisotopic (exact) mass is 373 g/mol. The maximum Gasteiger partial charge on any atom is 0.261 e. The number of amides is 2. The van der Waals surface area contributed by atoms with Crippen LogP contribution in [0.25, 0.3) is 0 Å². The molecule has 26 heavy (non-hydrogen) atoms. The lowest BCUT2D eigenvalue weighted by Crippen LogP contribution is -2.14. The first-order valence-corrected chi connectivity index (χ1v) is 9.63. The molecule has 2 amide bonds. The molecule has 0 bridgehead atoms. The molecule has 0 atom stereocenters. The maximum atomic E-state index is 12.4. The summed E-state index contributed by atoms with van der Waals surface area (Å²) in [6.45, 7) is 1.38. The van der Waals surface area contributed by atoms with Gasteiger partial charge in [0.25, 0.3) is 10.0 Å². The van der Waals surface area contributed by atoms with Crippen molar-refractivity contribution in [1.29, 1.82) is 0 Å². The molecule has 0 saturated heterocycles. The van der Waals surface area contributed by atoms with Crippen LogP contribution in [0, 0.1) is 5.92 Å². The highest BCUT2D eigenvalue weighted by Crippen LogP contribution is 2.30. The van der Waals surface area contributed by atoms with E-state index >= 15 is 0 Å². The van der Waals surface area contributed by atoms with E-state index in [9.17, 15) is 18.0 Å². The van der Waals surface area contributed by atoms with Crippen LogP contribution in [0.2, 0.25) is 0 Å². The molecule has 0 aromatic heterocycles. The summed E-state index contributed by atoms with van der Waals surface area (Å²) >= 11 is 0. The second-order valence-corrected chi connectivity index (χ2v) is 7.83. The van der Waals surface area contributed by atoms with Crippen molar-refractivity contribution in [1.82, 2.24) is 0 Å². The molecule has 2 aromatic carbocycles. The molecular formula is C18H19N3O4S. The summed E-state index contributed by atoms with van der Waals surface area (Å²) in [6, 6.07) is 12.3. The van der Waals surface area contributed by atoms with Gasteiger partial charge >= 0.3 is 0 Å². The van der Waals surface area contributed by atoms with Gasteiger partial charge in [-0.1, -0.05) is 0 Å². The van der Waals surface area contributed by atoms with Gasteiger partial charge in [0, 0.05) is 29.9 Å². The van der Waals surface area contributed by atoms with Crippen LogP contribution in [0.4, 0.5) is 17.1 Å². The lowest BCUT2D eigenvalue weighted by atomic mass is 10.2. The number of rotatable bonds is 6.